The van der Waals surface area contributed by atoms with Gasteiger partial charge < -0.3 is 19.1 Å². The summed E-state index contributed by atoms with van der Waals surface area (Å²) in [5.41, 5.74) is 2.73. The molecule has 5 rings (SSSR count). The first kappa shape index (κ1) is 23.0. The van der Waals surface area contributed by atoms with E-state index >= 15 is 0 Å². The first-order valence-electron chi connectivity index (χ1n) is 11.3. The minimum absolute atomic E-state index is 0.0352. The van der Waals surface area contributed by atoms with Crippen LogP contribution in [0.25, 0.3) is 33.9 Å². The van der Waals surface area contributed by atoms with E-state index in [9.17, 15) is 9.59 Å². The largest absolute Gasteiger partial charge is 0.497 e. The average molecular weight is 482 g/mol. The molecule has 0 saturated heterocycles. The molecule has 2 aromatic carbocycles. The van der Waals surface area contributed by atoms with E-state index in [-0.39, 0.29) is 29.3 Å². The molecule has 9 nitrogen and oxygen atoms in total. The highest BCUT2D eigenvalue weighted by molar-refractivity contribution is 5.83. The monoisotopic (exact) mass is 481 g/mol. The number of methoxy groups -OCH3 is 1. The normalized spacial score (nSPS) is 10.9. The lowest BCUT2D eigenvalue weighted by atomic mass is 10.1. The summed E-state index contributed by atoms with van der Waals surface area (Å²) in [5, 5.41) is 7.30. The highest BCUT2D eigenvalue weighted by Crippen LogP contribution is 2.24. The number of fused-ring (bicyclic) bond motifs is 1. The number of hydrogen-bond acceptors (Lipinski definition) is 7. The van der Waals surface area contributed by atoms with Gasteiger partial charge in [-0.05, 0) is 48.9 Å². The van der Waals surface area contributed by atoms with Crippen molar-refractivity contribution in [3.63, 3.8) is 0 Å². The first-order chi connectivity index (χ1) is 17.5. The minimum atomic E-state index is -0.302. The Morgan fingerprint density at radius 1 is 1.03 bits per heavy atom. The van der Waals surface area contributed by atoms with Crippen LogP contribution >= 0.6 is 0 Å². The van der Waals surface area contributed by atoms with Crippen LogP contribution in [0.15, 0.2) is 82.2 Å². The lowest BCUT2D eigenvalue weighted by Gasteiger charge is -2.12. The molecular weight excluding hydrogens is 458 g/mol. The zero-order chi connectivity index (χ0) is 25.1. The van der Waals surface area contributed by atoms with Gasteiger partial charge in [-0.2, -0.15) is 4.98 Å². The fraction of sp³-hybridized carbons (Fsp3) is 0.148. The topological polar surface area (TPSA) is 112 Å². The zero-order valence-electron chi connectivity index (χ0n) is 19.8. The Morgan fingerprint density at radius 2 is 1.81 bits per heavy atom. The predicted octanol–water partition coefficient (Wildman–Crippen LogP) is 3.75. The van der Waals surface area contributed by atoms with Gasteiger partial charge in [0.25, 0.3) is 5.89 Å². The van der Waals surface area contributed by atoms with E-state index in [1.165, 1.54) is 0 Å². The number of ether oxygens (including phenoxy) is 1. The summed E-state index contributed by atoms with van der Waals surface area (Å²) < 4.78 is 12.3. The molecule has 3 heterocycles. The van der Waals surface area contributed by atoms with E-state index < -0.39 is 0 Å². The Balaban J connectivity index is 1.49. The van der Waals surface area contributed by atoms with Crippen LogP contribution in [0.4, 0.5) is 0 Å². The van der Waals surface area contributed by atoms with Crippen LogP contribution in [0.2, 0.25) is 0 Å². The van der Waals surface area contributed by atoms with Gasteiger partial charge >= 0.3 is 0 Å². The molecule has 0 aliphatic heterocycles. The molecule has 0 aliphatic carbocycles. The summed E-state index contributed by atoms with van der Waals surface area (Å²) in [6, 6.07) is 20.3. The van der Waals surface area contributed by atoms with Crippen LogP contribution in [-0.2, 0) is 17.9 Å². The first-order valence-corrected chi connectivity index (χ1v) is 11.3. The van der Waals surface area contributed by atoms with Crippen molar-refractivity contribution < 1.29 is 14.1 Å². The van der Waals surface area contributed by atoms with Gasteiger partial charge in [-0.1, -0.05) is 35.5 Å². The molecule has 1 amide bonds. The minimum Gasteiger partial charge on any atom is -0.497 e. The number of nitrogens with one attached hydrogen (secondary N) is 1. The summed E-state index contributed by atoms with van der Waals surface area (Å²) in [6.45, 7) is 2.19. The average Bonchev–Trinajstić information content (AvgIpc) is 3.40. The predicted molar refractivity (Wildman–Crippen MR) is 134 cm³/mol. The van der Waals surface area contributed by atoms with E-state index in [1.54, 1.807) is 54.3 Å². The lowest BCUT2D eigenvalue weighted by Crippen LogP contribution is -2.28. The van der Waals surface area contributed by atoms with Crippen LogP contribution in [0.5, 0.6) is 5.75 Å². The van der Waals surface area contributed by atoms with Crippen molar-refractivity contribution in [2.75, 3.05) is 7.11 Å². The fourth-order valence-electron chi connectivity index (χ4n) is 3.83. The Labute approximate surface area is 206 Å². The molecule has 0 bridgehead atoms. The second-order valence-corrected chi connectivity index (χ2v) is 8.24. The summed E-state index contributed by atoms with van der Waals surface area (Å²) >= 11 is 0. The highest BCUT2D eigenvalue weighted by atomic mass is 16.5. The van der Waals surface area contributed by atoms with Crippen molar-refractivity contribution in [3.8, 4) is 28.6 Å². The molecule has 36 heavy (non-hydrogen) atoms. The van der Waals surface area contributed by atoms with Gasteiger partial charge in [-0.25, -0.2) is 4.98 Å². The van der Waals surface area contributed by atoms with Crippen molar-refractivity contribution in [2.24, 2.45) is 0 Å². The molecular formula is C27H23N5O4. The third-order valence-corrected chi connectivity index (χ3v) is 5.71. The standard InChI is InChI=1S/C27H23N5O4/c1-17-8-13-21-24(34)22(27-30-25(31-36-27)19-9-11-20(35-2)12-10-19)15-32(26(21)29-17)16-23(33)28-14-18-6-4-3-5-7-18/h3-13,15H,14,16H2,1-2H3,(H,28,33). The maximum Gasteiger partial charge on any atom is 0.263 e. The zero-order valence-corrected chi connectivity index (χ0v) is 19.8. The van der Waals surface area contributed by atoms with Gasteiger partial charge in [-0.15, -0.1) is 0 Å². The molecule has 0 spiro atoms. The van der Waals surface area contributed by atoms with E-state index in [0.717, 1.165) is 11.3 Å². The van der Waals surface area contributed by atoms with Gasteiger partial charge in [0.1, 0.15) is 23.5 Å². The number of aromatic nitrogens is 4. The lowest BCUT2D eigenvalue weighted by molar-refractivity contribution is -0.121. The molecule has 1 N–H and O–H groups in total. The molecule has 0 saturated carbocycles. The molecule has 0 fully saturated rings. The van der Waals surface area contributed by atoms with Crippen molar-refractivity contribution >= 4 is 16.9 Å². The van der Waals surface area contributed by atoms with Crippen LogP contribution in [0, 0.1) is 6.92 Å². The van der Waals surface area contributed by atoms with E-state index in [1.807, 2.05) is 37.3 Å². The Kier molecular flexibility index (Phi) is 6.27. The smallest absolute Gasteiger partial charge is 0.263 e. The highest BCUT2D eigenvalue weighted by Gasteiger charge is 2.19. The number of amides is 1. The third kappa shape index (κ3) is 4.72. The second-order valence-electron chi connectivity index (χ2n) is 8.24. The summed E-state index contributed by atoms with van der Waals surface area (Å²) in [5.74, 6) is 0.879. The van der Waals surface area contributed by atoms with Crippen LogP contribution in [-0.4, -0.2) is 32.7 Å². The van der Waals surface area contributed by atoms with Crippen molar-refractivity contribution in [2.45, 2.75) is 20.0 Å². The number of aryl methyl sites for hydroxylation is 1. The molecule has 9 heteroatoms. The number of benzene rings is 2. The molecule has 5 aromatic rings. The number of carbonyl (C=O) groups is 1. The number of nitrogens with zero attached hydrogens (tertiary/aromatic N) is 4. The maximum absolute atomic E-state index is 13.3. The molecule has 0 unspecified atom stereocenters. The SMILES string of the molecule is COc1ccc(-c2noc(-c3cn(CC(=O)NCc4ccccc4)c4nc(C)ccc4c3=O)n2)cc1. The van der Waals surface area contributed by atoms with E-state index in [2.05, 4.69) is 20.4 Å². The van der Waals surface area contributed by atoms with Gasteiger partial charge in [0.05, 0.1) is 12.5 Å². The van der Waals surface area contributed by atoms with Gasteiger partial charge in [0, 0.05) is 24.0 Å². The van der Waals surface area contributed by atoms with Crippen LogP contribution in [0.3, 0.4) is 0 Å². The summed E-state index contributed by atoms with van der Waals surface area (Å²) in [6.07, 6.45) is 1.55. The quantitative estimate of drug-likeness (QED) is 0.377. The van der Waals surface area contributed by atoms with Gasteiger partial charge in [-0.3, -0.25) is 9.59 Å². The number of rotatable bonds is 7. The number of hydrogen-bond donors (Lipinski definition) is 1. The van der Waals surface area contributed by atoms with Crippen molar-refractivity contribution in [3.05, 3.63) is 94.4 Å². The number of carbonyl (C=O) groups excluding carboxylic acids is 1. The molecule has 3 aromatic heterocycles. The summed E-state index contributed by atoms with van der Waals surface area (Å²) in [4.78, 5) is 35.1. The van der Waals surface area contributed by atoms with Crippen LogP contribution in [0.1, 0.15) is 11.3 Å². The fourth-order valence-corrected chi connectivity index (χ4v) is 3.83. The Hall–Kier alpha value is -4.79. The summed E-state index contributed by atoms with van der Waals surface area (Å²) in [7, 11) is 1.59. The van der Waals surface area contributed by atoms with Crippen LogP contribution < -0.4 is 15.5 Å². The molecule has 0 atom stereocenters. The van der Waals surface area contributed by atoms with Crippen molar-refractivity contribution in [1.29, 1.82) is 0 Å². The molecule has 0 radical (unpaired) electrons. The Morgan fingerprint density at radius 3 is 2.56 bits per heavy atom. The van der Waals surface area contributed by atoms with Gasteiger partial charge in [0.2, 0.25) is 17.2 Å². The Bertz CT molecular complexity index is 1590. The second kappa shape index (κ2) is 9.83. The number of pyridine rings is 2. The van der Waals surface area contributed by atoms with E-state index in [4.69, 9.17) is 9.26 Å². The van der Waals surface area contributed by atoms with E-state index in [0.29, 0.717) is 34.7 Å². The molecule has 180 valence electrons. The third-order valence-electron chi connectivity index (χ3n) is 5.71. The van der Waals surface area contributed by atoms with Crippen molar-refractivity contribution in [1.82, 2.24) is 25.0 Å². The van der Waals surface area contributed by atoms with Gasteiger partial charge in [0.15, 0.2) is 0 Å². The maximum atomic E-state index is 13.3. The molecule has 0 aliphatic rings.